The Labute approximate surface area is 409 Å². The molecule has 0 heterocycles. The average molecular weight is 1080 g/mol. The number of sulfonamides is 1. The van der Waals surface area contributed by atoms with Crippen LogP contribution in [-0.4, -0.2) is 86.6 Å². The molecule has 0 aromatic heterocycles. The number of carbonyl (C=O) groups is 6. The molecule has 0 radical (unpaired) electrons. The number of nitrogens with two attached hydrogens (primary N) is 1. The van der Waals surface area contributed by atoms with E-state index >= 15 is 0 Å². The number of aliphatic carboxylic acids is 2. The Hall–Kier alpha value is -8.74. The third kappa shape index (κ3) is 10.9. The molecule has 0 bridgehead atoms. The van der Waals surface area contributed by atoms with Crippen LogP contribution in [0.4, 0.5) is 63.6 Å². The van der Waals surface area contributed by atoms with Gasteiger partial charge in [-0.2, -0.15) is 39.3 Å². The summed E-state index contributed by atoms with van der Waals surface area (Å²) in [5, 5.41) is 28.4. The number of carbonyl (C=O) groups excluding carboxylic acids is 4. The molecule has 12 N–H and O–H groups in total. The van der Waals surface area contributed by atoms with Crippen LogP contribution in [0.5, 0.6) is 0 Å². The summed E-state index contributed by atoms with van der Waals surface area (Å²) in [5.41, 5.74) is 5.49. The summed E-state index contributed by atoms with van der Waals surface area (Å²) in [6, 6.07) is 26.4. The van der Waals surface area contributed by atoms with Gasteiger partial charge in [0, 0.05) is 28.2 Å². The highest BCUT2D eigenvalue weighted by Gasteiger charge is 2.68. The summed E-state index contributed by atoms with van der Waals surface area (Å²) in [5.74, 6) is -36.3. The number of carboxylic acids is 2. The molecule has 390 valence electrons. The summed E-state index contributed by atoms with van der Waals surface area (Å²) in [7, 11) is -9.94. The second kappa shape index (κ2) is 19.7. The zero-order valence-corrected chi connectivity index (χ0v) is 38.3. The minimum Gasteiger partial charge on any atom is -0.477 e. The number of halogens is 8. The van der Waals surface area contributed by atoms with Crippen molar-refractivity contribution in [2.45, 2.75) is 38.4 Å². The van der Waals surface area contributed by atoms with Crippen LogP contribution in [0.3, 0.4) is 0 Å². The molecule has 20 nitrogen and oxygen atoms in total. The quantitative estimate of drug-likeness (QED) is 0.0312. The molecule has 6 rings (SSSR count). The largest absolute Gasteiger partial charge is 0.477 e. The molecular formula is C44H34F8N8O12S2. The first kappa shape index (κ1) is 54.6. The third-order valence-corrected chi connectivity index (χ3v) is 14.1. The molecule has 0 atom stereocenters. The molecule has 74 heavy (non-hydrogen) atoms. The minimum atomic E-state index is -5.76. The van der Waals surface area contributed by atoms with Crippen molar-refractivity contribution in [3.05, 3.63) is 145 Å². The SMILES string of the molecule is NS(=O)(O)(c1ccc(NNC(=O)C(F)(F)C(F)(F)C(=O)O)cc1)c1cccc(NC(=O)c2cccc3c(C(=O)Nc4cccc(S(=O)(=O)Nc5ccc(NNC(=O)C(F)(F)C(F)(F)C(=O)O)cc5)c4)cccc23)c1. The van der Waals surface area contributed by atoms with E-state index in [4.69, 9.17) is 15.4 Å². The zero-order valence-electron chi connectivity index (χ0n) is 36.6. The first-order chi connectivity index (χ1) is 34.3. The van der Waals surface area contributed by atoms with Crippen LogP contribution in [0, 0.1) is 0 Å². The second-order valence-electron chi connectivity index (χ2n) is 15.4. The summed E-state index contributed by atoms with van der Waals surface area (Å²) in [6.07, 6.45) is 0. The van der Waals surface area contributed by atoms with Gasteiger partial charge in [0.15, 0.2) is 0 Å². The van der Waals surface area contributed by atoms with Gasteiger partial charge in [0.2, 0.25) is 0 Å². The van der Waals surface area contributed by atoms with Crippen LogP contribution < -0.4 is 42.2 Å². The summed E-state index contributed by atoms with van der Waals surface area (Å²) < 4.78 is 163. The Morgan fingerprint density at radius 1 is 0.486 bits per heavy atom. The molecule has 30 heteroatoms. The molecule has 0 saturated heterocycles. The predicted octanol–water partition coefficient (Wildman–Crippen LogP) is 6.33. The number of rotatable bonds is 19. The summed E-state index contributed by atoms with van der Waals surface area (Å²) in [4.78, 5) is 70.5. The van der Waals surface area contributed by atoms with Crippen LogP contribution in [0.25, 0.3) is 10.8 Å². The molecule has 0 unspecified atom stereocenters. The second-order valence-corrected chi connectivity index (χ2v) is 20.0. The van der Waals surface area contributed by atoms with Gasteiger partial charge in [0.25, 0.3) is 21.8 Å². The number of hydrogen-bond acceptors (Lipinski definition) is 11. The molecule has 0 aliphatic heterocycles. The highest BCUT2D eigenvalue weighted by Crippen LogP contribution is 2.38. The minimum absolute atomic E-state index is 0.00578. The van der Waals surface area contributed by atoms with Gasteiger partial charge in [-0.1, -0.05) is 45.9 Å². The lowest BCUT2D eigenvalue weighted by Gasteiger charge is -2.39. The number of carboxylic acid groups (broad SMARTS) is 2. The Morgan fingerprint density at radius 3 is 1.32 bits per heavy atom. The van der Waals surface area contributed by atoms with E-state index < -0.39 is 88.6 Å². The molecule has 4 amide bonds. The van der Waals surface area contributed by atoms with E-state index in [1.54, 1.807) is 0 Å². The van der Waals surface area contributed by atoms with Gasteiger partial charge in [-0.3, -0.25) is 50.2 Å². The first-order valence-electron chi connectivity index (χ1n) is 20.2. The topological polar surface area (TPSA) is 325 Å². The zero-order chi connectivity index (χ0) is 54.8. The van der Waals surface area contributed by atoms with Crippen LogP contribution in [0.15, 0.2) is 148 Å². The van der Waals surface area contributed by atoms with Gasteiger partial charge < -0.3 is 20.8 Å². The van der Waals surface area contributed by atoms with E-state index in [1.165, 1.54) is 77.6 Å². The van der Waals surface area contributed by atoms with Crippen molar-refractivity contribution in [1.82, 2.24) is 10.9 Å². The number of hydrazine groups is 2. The van der Waals surface area contributed by atoms with Crippen LogP contribution in [0.2, 0.25) is 0 Å². The molecule has 0 aliphatic carbocycles. The maximum absolute atomic E-state index is 14.0. The smallest absolute Gasteiger partial charge is 0.413 e. The standard InChI is InChI=1S/C44H34F8N8O12S2/c45-41(46,43(49,50)39(65)66)37(63)58-56-23-13-15-25(16-14-23)60-73(69,70)28-7-1-5-26(21-28)54-35(61)33-11-3-10-32-31(33)9-4-12-34(32)36(62)55-27-6-2-8-30(22-27)74(53,71,72)29-19-17-24(18-20-29)57-59-38(64)42(47,48)44(51,52)40(67)68/h1-22,56-57,60H,(H,54,61)(H,55,62)(H,58,63)(H,59,64)(H,65,66)(H,67,68)(H3,53,71,72). The third-order valence-electron chi connectivity index (χ3n) is 10.3. The van der Waals surface area contributed by atoms with Gasteiger partial charge in [0.05, 0.1) is 26.1 Å². The summed E-state index contributed by atoms with van der Waals surface area (Å²) >= 11 is 0. The highest BCUT2D eigenvalue weighted by atomic mass is 32.3. The van der Waals surface area contributed by atoms with Gasteiger partial charge >= 0.3 is 47.4 Å². The fraction of sp³-hybridized carbons (Fsp3) is 0.0909. The van der Waals surface area contributed by atoms with Gasteiger partial charge in [-0.15, -0.1) is 0 Å². The van der Waals surface area contributed by atoms with Crippen LogP contribution in [0.1, 0.15) is 20.7 Å². The molecule has 0 saturated carbocycles. The van der Waals surface area contributed by atoms with Gasteiger partial charge in [-0.05, 0) is 108 Å². The Kier molecular flexibility index (Phi) is 14.5. The van der Waals surface area contributed by atoms with E-state index in [-0.39, 0.29) is 55.2 Å². The molecule has 0 spiro atoms. The molecule has 6 aromatic rings. The van der Waals surface area contributed by atoms with Crippen molar-refractivity contribution in [1.29, 1.82) is 0 Å². The Bertz CT molecular complexity index is 3440. The number of benzene rings is 6. The molecule has 6 aromatic carbocycles. The van der Waals surface area contributed by atoms with E-state index in [1.807, 2.05) is 10.9 Å². The Morgan fingerprint density at radius 2 is 0.878 bits per heavy atom. The van der Waals surface area contributed by atoms with E-state index in [0.717, 1.165) is 66.7 Å². The number of hydrogen-bond donors (Lipinski definition) is 11. The number of amides is 4. The molecule has 0 aliphatic rings. The highest BCUT2D eigenvalue weighted by molar-refractivity contribution is 8.13. The number of alkyl halides is 8. The first-order valence-corrected chi connectivity index (χ1v) is 23.7. The summed E-state index contributed by atoms with van der Waals surface area (Å²) in [6.45, 7) is 0. The van der Waals surface area contributed by atoms with Crippen molar-refractivity contribution in [3.8, 4) is 0 Å². The van der Waals surface area contributed by atoms with Crippen LogP contribution in [-0.2, 0) is 38.7 Å². The fourth-order valence-corrected chi connectivity index (χ4v) is 9.14. The van der Waals surface area contributed by atoms with Crippen LogP contribution >= 0.6 is 0 Å². The predicted molar refractivity (Wildman–Crippen MR) is 247 cm³/mol. The van der Waals surface area contributed by atoms with Gasteiger partial charge in [-0.25, -0.2) is 23.1 Å². The van der Waals surface area contributed by atoms with Crippen molar-refractivity contribution >= 4 is 94.3 Å². The van der Waals surface area contributed by atoms with E-state index in [9.17, 15) is 81.1 Å². The number of anilines is 5. The molecule has 0 fully saturated rings. The van der Waals surface area contributed by atoms with Crippen molar-refractivity contribution in [2.75, 3.05) is 26.2 Å². The number of nitrogens with one attached hydrogen (secondary N) is 7. The lowest BCUT2D eigenvalue weighted by Crippen LogP contribution is -2.57. The van der Waals surface area contributed by atoms with Crippen molar-refractivity contribution < 1.29 is 91.3 Å². The maximum Gasteiger partial charge on any atom is 0.413 e. The lowest BCUT2D eigenvalue weighted by atomic mass is 9.99. The lowest BCUT2D eigenvalue weighted by molar-refractivity contribution is -0.222. The average Bonchev–Trinajstić information content (AvgIpc) is 3.34. The Balaban J connectivity index is 1.12. The monoisotopic (exact) mass is 1080 g/mol. The fourth-order valence-electron chi connectivity index (χ4n) is 6.40. The van der Waals surface area contributed by atoms with E-state index in [2.05, 4.69) is 15.4 Å². The van der Waals surface area contributed by atoms with Gasteiger partial charge in [0.1, 0.15) is 0 Å². The van der Waals surface area contributed by atoms with E-state index in [0.29, 0.717) is 0 Å². The van der Waals surface area contributed by atoms with Crippen molar-refractivity contribution in [3.63, 3.8) is 0 Å². The number of fused-ring (bicyclic) bond motifs is 1. The molecular weight excluding hydrogens is 1050 g/mol. The normalized spacial score (nSPS) is 12.8. The maximum atomic E-state index is 14.0. The van der Waals surface area contributed by atoms with Crippen molar-refractivity contribution in [2.24, 2.45) is 5.14 Å².